The molecule has 0 unspecified atom stereocenters. The van der Waals surface area contributed by atoms with Crippen molar-refractivity contribution in [2.24, 2.45) is 0 Å². The van der Waals surface area contributed by atoms with Gasteiger partial charge >= 0.3 is 0 Å². The van der Waals surface area contributed by atoms with Crippen LogP contribution in [0.1, 0.15) is 15.7 Å². The molecule has 6 nitrogen and oxygen atoms in total. The third-order valence-corrected chi connectivity index (χ3v) is 4.41. The van der Waals surface area contributed by atoms with Gasteiger partial charge in [-0.3, -0.25) is 4.79 Å². The van der Waals surface area contributed by atoms with Crippen LogP contribution >= 0.6 is 11.3 Å². The Balaban J connectivity index is 1.45. The van der Waals surface area contributed by atoms with E-state index in [1.807, 2.05) is 54.6 Å². The van der Waals surface area contributed by atoms with Gasteiger partial charge in [0.1, 0.15) is 0 Å². The van der Waals surface area contributed by atoms with Crippen molar-refractivity contribution in [1.29, 1.82) is 0 Å². The fourth-order valence-corrected chi connectivity index (χ4v) is 3.11. The predicted molar refractivity (Wildman–Crippen MR) is 90.5 cm³/mol. The summed E-state index contributed by atoms with van der Waals surface area (Å²) in [6.07, 6.45) is 0. The summed E-state index contributed by atoms with van der Waals surface area (Å²) in [4.78, 5) is 16.5. The molecule has 1 amide bonds. The second kappa shape index (κ2) is 6.21. The summed E-state index contributed by atoms with van der Waals surface area (Å²) in [7, 11) is 0. The minimum Gasteiger partial charge on any atom is -0.419 e. The maximum atomic E-state index is 12.2. The molecule has 24 heavy (non-hydrogen) atoms. The Bertz CT molecular complexity index is 961. The van der Waals surface area contributed by atoms with Crippen LogP contribution in [0, 0.1) is 0 Å². The van der Waals surface area contributed by atoms with Gasteiger partial charge in [0.05, 0.1) is 16.8 Å². The van der Waals surface area contributed by atoms with E-state index in [1.165, 1.54) is 11.3 Å². The zero-order valence-electron chi connectivity index (χ0n) is 12.5. The number of hydrogen-bond donors (Lipinski definition) is 1. The summed E-state index contributed by atoms with van der Waals surface area (Å²) < 4.78 is 6.54. The number of para-hydroxylation sites is 1. The number of thiazole rings is 1. The molecule has 0 radical (unpaired) electrons. The largest absolute Gasteiger partial charge is 0.419 e. The van der Waals surface area contributed by atoms with Crippen molar-refractivity contribution in [3.05, 3.63) is 65.5 Å². The number of benzene rings is 2. The molecule has 0 fully saturated rings. The van der Waals surface area contributed by atoms with Gasteiger partial charge in [-0.15, -0.1) is 21.5 Å². The average molecular weight is 336 g/mol. The first-order valence-corrected chi connectivity index (χ1v) is 8.13. The zero-order chi connectivity index (χ0) is 16.4. The molecule has 0 atom stereocenters. The van der Waals surface area contributed by atoms with Crippen molar-refractivity contribution in [3.63, 3.8) is 0 Å². The number of fused-ring (bicyclic) bond motifs is 1. The van der Waals surface area contributed by atoms with Gasteiger partial charge in [-0.05, 0) is 24.3 Å². The number of carbonyl (C=O) groups is 1. The number of nitrogens with zero attached hydrogens (tertiary/aromatic N) is 3. The van der Waals surface area contributed by atoms with Gasteiger partial charge in [-0.2, -0.15) is 0 Å². The van der Waals surface area contributed by atoms with Crippen molar-refractivity contribution in [1.82, 2.24) is 20.5 Å². The van der Waals surface area contributed by atoms with Gasteiger partial charge in [0.25, 0.3) is 5.91 Å². The van der Waals surface area contributed by atoms with E-state index in [-0.39, 0.29) is 12.5 Å². The SMILES string of the molecule is O=C(NCc1nnc(-c2ccccc2)o1)c1nc2ccccc2s1. The van der Waals surface area contributed by atoms with Crippen molar-refractivity contribution in [3.8, 4) is 11.5 Å². The van der Waals surface area contributed by atoms with Crippen LogP contribution in [0.4, 0.5) is 0 Å². The van der Waals surface area contributed by atoms with E-state index in [0.717, 1.165) is 15.8 Å². The molecule has 2 aromatic carbocycles. The van der Waals surface area contributed by atoms with Crippen molar-refractivity contribution >= 4 is 27.5 Å². The van der Waals surface area contributed by atoms with E-state index in [1.54, 1.807) is 0 Å². The van der Waals surface area contributed by atoms with Gasteiger partial charge in [-0.25, -0.2) is 4.98 Å². The molecule has 0 bridgehead atoms. The molecule has 0 aliphatic heterocycles. The first-order valence-electron chi connectivity index (χ1n) is 7.31. The van der Waals surface area contributed by atoms with Crippen molar-refractivity contribution in [2.45, 2.75) is 6.54 Å². The van der Waals surface area contributed by atoms with Crippen LogP contribution in [-0.2, 0) is 6.54 Å². The molecule has 7 heteroatoms. The first-order chi connectivity index (χ1) is 11.8. The second-order valence-corrected chi connectivity index (χ2v) is 6.07. The van der Waals surface area contributed by atoms with E-state index in [9.17, 15) is 4.79 Å². The number of hydrogen-bond acceptors (Lipinski definition) is 6. The van der Waals surface area contributed by atoms with Crippen LogP contribution in [0.5, 0.6) is 0 Å². The zero-order valence-corrected chi connectivity index (χ0v) is 13.3. The van der Waals surface area contributed by atoms with Crippen LogP contribution in [0.2, 0.25) is 0 Å². The average Bonchev–Trinajstić information content (AvgIpc) is 3.27. The highest BCUT2D eigenvalue weighted by molar-refractivity contribution is 7.20. The van der Waals surface area contributed by atoms with Gasteiger partial charge in [-0.1, -0.05) is 30.3 Å². The number of amides is 1. The van der Waals surface area contributed by atoms with Gasteiger partial charge < -0.3 is 9.73 Å². The highest BCUT2D eigenvalue weighted by atomic mass is 32.1. The fourth-order valence-electron chi connectivity index (χ4n) is 2.22. The van der Waals surface area contributed by atoms with Gasteiger partial charge in [0.15, 0.2) is 5.01 Å². The Morgan fingerprint density at radius 1 is 1.04 bits per heavy atom. The predicted octanol–water partition coefficient (Wildman–Crippen LogP) is 3.28. The third kappa shape index (κ3) is 2.89. The standard InChI is InChI=1S/C17H12N4O2S/c22-15(17-19-12-8-4-5-9-13(12)24-17)18-10-14-20-21-16(23-14)11-6-2-1-3-7-11/h1-9H,10H2,(H,18,22). The molecule has 0 aliphatic carbocycles. The molecule has 0 spiro atoms. The highest BCUT2D eigenvalue weighted by Crippen LogP contribution is 2.21. The molecule has 2 aromatic heterocycles. The van der Waals surface area contributed by atoms with E-state index < -0.39 is 0 Å². The van der Waals surface area contributed by atoms with E-state index in [0.29, 0.717) is 16.8 Å². The lowest BCUT2D eigenvalue weighted by Gasteiger charge is -1.98. The molecule has 4 rings (SSSR count). The Morgan fingerprint density at radius 2 is 1.83 bits per heavy atom. The highest BCUT2D eigenvalue weighted by Gasteiger charge is 2.14. The van der Waals surface area contributed by atoms with Crippen LogP contribution < -0.4 is 5.32 Å². The molecule has 118 valence electrons. The Hall–Kier alpha value is -3.06. The lowest BCUT2D eigenvalue weighted by molar-refractivity contribution is 0.0947. The van der Waals surface area contributed by atoms with Crippen LogP contribution in [0.3, 0.4) is 0 Å². The Kier molecular flexibility index (Phi) is 3.76. The summed E-state index contributed by atoms with van der Waals surface area (Å²) in [6.45, 7) is 0.161. The van der Waals surface area contributed by atoms with E-state index in [2.05, 4.69) is 20.5 Å². The lowest BCUT2D eigenvalue weighted by atomic mass is 10.2. The van der Waals surface area contributed by atoms with Crippen LogP contribution in [-0.4, -0.2) is 21.1 Å². The van der Waals surface area contributed by atoms with E-state index in [4.69, 9.17) is 4.42 Å². The van der Waals surface area contributed by atoms with Gasteiger partial charge in [0, 0.05) is 5.56 Å². The molecule has 1 N–H and O–H groups in total. The minimum atomic E-state index is -0.254. The smallest absolute Gasteiger partial charge is 0.280 e. The molecule has 0 saturated heterocycles. The number of rotatable bonds is 4. The lowest BCUT2D eigenvalue weighted by Crippen LogP contribution is -2.22. The first kappa shape index (κ1) is 14.5. The molecule has 0 saturated carbocycles. The normalized spacial score (nSPS) is 10.8. The van der Waals surface area contributed by atoms with Crippen molar-refractivity contribution < 1.29 is 9.21 Å². The topological polar surface area (TPSA) is 80.9 Å². The van der Waals surface area contributed by atoms with E-state index >= 15 is 0 Å². The summed E-state index contributed by atoms with van der Waals surface area (Å²) in [5.41, 5.74) is 1.66. The number of aromatic nitrogens is 3. The Labute approximate surface area is 141 Å². The molecule has 0 aliphatic rings. The quantitative estimate of drug-likeness (QED) is 0.618. The van der Waals surface area contributed by atoms with Crippen LogP contribution in [0.25, 0.3) is 21.7 Å². The monoisotopic (exact) mass is 336 g/mol. The summed E-state index contributed by atoms with van der Waals surface area (Å²) in [5, 5.41) is 11.1. The van der Waals surface area contributed by atoms with Crippen molar-refractivity contribution in [2.75, 3.05) is 0 Å². The van der Waals surface area contributed by atoms with Crippen LogP contribution in [0.15, 0.2) is 59.0 Å². The maximum Gasteiger partial charge on any atom is 0.280 e. The van der Waals surface area contributed by atoms with Gasteiger partial charge in [0.2, 0.25) is 11.8 Å². The molecule has 2 heterocycles. The second-order valence-electron chi connectivity index (χ2n) is 5.04. The summed E-state index contributed by atoms with van der Waals surface area (Å²) in [5.74, 6) is 0.527. The molecule has 4 aromatic rings. The molecular weight excluding hydrogens is 324 g/mol. The summed E-state index contributed by atoms with van der Waals surface area (Å²) >= 11 is 1.35. The number of carbonyl (C=O) groups excluding carboxylic acids is 1. The fraction of sp³-hybridized carbons (Fsp3) is 0.0588. The Morgan fingerprint density at radius 3 is 2.67 bits per heavy atom. The minimum absolute atomic E-state index is 0.161. The number of nitrogens with one attached hydrogen (secondary N) is 1. The summed E-state index contributed by atoms with van der Waals surface area (Å²) in [6, 6.07) is 17.1. The third-order valence-electron chi connectivity index (χ3n) is 3.38. The maximum absolute atomic E-state index is 12.2. The molecular formula is C17H12N4O2S.